The van der Waals surface area contributed by atoms with Gasteiger partial charge in [0, 0.05) is 17.0 Å². The van der Waals surface area contributed by atoms with E-state index in [2.05, 4.69) is 66.4 Å². The molecule has 0 bridgehead atoms. The molecular formula is C19H23N5OS2. The SMILES string of the molecule is Cc1ccc(-c2csc(NC(=O)CSc3nnc(C)n3C(C)C)n2)cc1C. The molecule has 0 aliphatic heterocycles. The molecule has 2 heterocycles. The maximum Gasteiger partial charge on any atom is 0.236 e. The normalized spacial score (nSPS) is 11.2. The Hall–Kier alpha value is -2.19. The Morgan fingerprint density at radius 1 is 1.22 bits per heavy atom. The van der Waals surface area contributed by atoms with E-state index in [9.17, 15) is 4.79 Å². The Morgan fingerprint density at radius 3 is 2.70 bits per heavy atom. The number of anilines is 1. The summed E-state index contributed by atoms with van der Waals surface area (Å²) in [7, 11) is 0. The van der Waals surface area contributed by atoms with Crippen LogP contribution in [0.25, 0.3) is 11.3 Å². The lowest BCUT2D eigenvalue weighted by Crippen LogP contribution is -2.15. The van der Waals surface area contributed by atoms with Crippen LogP contribution in [0.5, 0.6) is 0 Å². The summed E-state index contributed by atoms with van der Waals surface area (Å²) in [5.41, 5.74) is 4.42. The summed E-state index contributed by atoms with van der Waals surface area (Å²) in [4.78, 5) is 16.8. The molecule has 0 saturated carbocycles. The monoisotopic (exact) mass is 401 g/mol. The highest BCUT2D eigenvalue weighted by atomic mass is 32.2. The van der Waals surface area contributed by atoms with Crippen molar-refractivity contribution in [1.29, 1.82) is 0 Å². The van der Waals surface area contributed by atoms with Gasteiger partial charge in [0.25, 0.3) is 0 Å². The van der Waals surface area contributed by atoms with E-state index in [1.165, 1.54) is 34.2 Å². The second kappa shape index (κ2) is 8.22. The molecule has 6 nitrogen and oxygen atoms in total. The molecule has 0 saturated heterocycles. The number of hydrogen-bond donors (Lipinski definition) is 1. The first-order chi connectivity index (χ1) is 12.8. The van der Waals surface area contributed by atoms with Gasteiger partial charge in [-0.25, -0.2) is 4.98 Å². The molecule has 3 aromatic rings. The summed E-state index contributed by atoms with van der Waals surface area (Å²) in [6.07, 6.45) is 0. The zero-order valence-electron chi connectivity index (χ0n) is 16.1. The minimum Gasteiger partial charge on any atom is -0.304 e. The Labute approximate surface area is 167 Å². The number of aryl methyl sites for hydroxylation is 3. The first-order valence-electron chi connectivity index (χ1n) is 8.72. The molecule has 3 rings (SSSR count). The number of amides is 1. The average Bonchev–Trinajstić information content (AvgIpc) is 3.22. The minimum atomic E-state index is -0.100. The lowest BCUT2D eigenvalue weighted by molar-refractivity contribution is -0.113. The lowest BCUT2D eigenvalue weighted by Gasteiger charge is -2.11. The van der Waals surface area contributed by atoms with Crippen molar-refractivity contribution < 1.29 is 4.79 Å². The van der Waals surface area contributed by atoms with Crippen molar-refractivity contribution in [3.8, 4) is 11.3 Å². The third kappa shape index (κ3) is 4.56. The number of carbonyl (C=O) groups excluding carboxylic acids is 1. The summed E-state index contributed by atoms with van der Waals surface area (Å²) in [5, 5.41) is 14.5. The van der Waals surface area contributed by atoms with Crippen LogP contribution in [0.2, 0.25) is 0 Å². The topological polar surface area (TPSA) is 72.7 Å². The molecular weight excluding hydrogens is 378 g/mol. The molecule has 0 fully saturated rings. The molecule has 1 amide bonds. The van der Waals surface area contributed by atoms with Gasteiger partial charge < -0.3 is 9.88 Å². The van der Waals surface area contributed by atoms with Gasteiger partial charge >= 0.3 is 0 Å². The van der Waals surface area contributed by atoms with Gasteiger partial charge in [0.05, 0.1) is 11.4 Å². The minimum absolute atomic E-state index is 0.100. The van der Waals surface area contributed by atoms with Gasteiger partial charge in [0.15, 0.2) is 10.3 Å². The summed E-state index contributed by atoms with van der Waals surface area (Å²) < 4.78 is 2.03. The number of thioether (sulfide) groups is 1. The standard InChI is InChI=1S/C19H23N5OS2/c1-11(2)24-14(5)22-23-19(24)27-10-17(25)21-18-20-16(9-26-18)15-7-6-12(3)13(4)8-15/h6-9,11H,10H2,1-5H3,(H,20,21,25). The Bertz CT molecular complexity index is 961. The number of rotatable bonds is 6. The number of nitrogens with zero attached hydrogens (tertiary/aromatic N) is 4. The van der Waals surface area contributed by atoms with Crippen LogP contribution in [0.3, 0.4) is 0 Å². The third-order valence-corrected chi connectivity index (χ3v) is 5.94. The van der Waals surface area contributed by atoms with Gasteiger partial charge in [0.1, 0.15) is 5.82 Å². The van der Waals surface area contributed by atoms with E-state index >= 15 is 0 Å². The van der Waals surface area contributed by atoms with E-state index in [1.807, 2.05) is 16.9 Å². The Kier molecular flexibility index (Phi) is 5.96. The Morgan fingerprint density at radius 2 is 2.00 bits per heavy atom. The summed E-state index contributed by atoms with van der Waals surface area (Å²) in [6, 6.07) is 6.52. The molecule has 0 aliphatic rings. The number of hydrogen-bond acceptors (Lipinski definition) is 6. The van der Waals surface area contributed by atoms with Crippen molar-refractivity contribution >= 4 is 34.1 Å². The number of thiazole rings is 1. The molecule has 27 heavy (non-hydrogen) atoms. The van der Waals surface area contributed by atoms with Crippen molar-refractivity contribution in [3.05, 3.63) is 40.5 Å². The molecule has 0 atom stereocenters. The second-order valence-corrected chi connectivity index (χ2v) is 8.47. The van der Waals surface area contributed by atoms with Crippen molar-refractivity contribution in [1.82, 2.24) is 19.7 Å². The van der Waals surface area contributed by atoms with Crippen LogP contribution in [-0.2, 0) is 4.79 Å². The smallest absolute Gasteiger partial charge is 0.236 e. The zero-order chi connectivity index (χ0) is 19.6. The fraction of sp³-hybridized carbons (Fsp3) is 0.368. The van der Waals surface area contributed by atoms with Gasteiger partial charge in [-0.2, -0.15) is 0 Å². The third-order valence-electron chi connectivity index (χ3n) is 4.24. The van der Waals surface area contributed by atoms with E-state index in [0.717, 1.165) is 22.2 Å². The van der Waals surface area contributed by atoms with E-state index in [-0.39, 0.29) is 17.7 Å². The highest BCUT2D eigenvalue weighted by Crippen LogP contribution is 2.27. The Balaban J connectivity index is 1.62. The molecule has 0 spiro atoms. The zero-order valence-corrected chi connectivity index (χ0v) is 17.7. The average molecular weight is 402 g/mol. The number of aromatic nitrogens is 4. The van der Waals surface area contributed by atoms with E-state index in [4.69, 9.17) is 0 Å². The maximum absolute atomic E-state index is 12.3. The predicted octanol–water partition coefficient (Wildman–Crippen LogP) is 4.64. The van der Waals surface area contributed by atoms with E-state index < -0.39 is 0 Å². The van der Waals surface area contributed by atoms with Crippen molar-refractivity contribution in [2.75, 3.05) is 11.1 Å². The molecule has 1 N–H and O–H groups in total. The lowest BCUT2D eigenvalue weighted by atomic mass is 10.1. The largest absolute Gasteiger partial charge is 0.304 e. The van der Waals surface area contributed by atoms with Gasteiger partial charge in [-0.1, -0.05) is 23.9 Å². The molecule has 0 unspecified atom stereocenters. The maximum atomic E-state index is 12.3. The summed E-state index contributed by atoms with van der Waals surface area (Å²) in [5.74, 6) is 1.02. The number of carbonyl (C=O) groups is 1. The van der Waals surface area contributed by atoms with Gasteiger partial charge in [-0.05, 0) is 51.8 Å². The number of benzene rings is 1. The quantitative estimate of drug-likeness (QED) is 0.609. The van der Waals surface area contributed by atoms with E-state index in [0.29, 0.717) is 5.13 Å². The van der Waals surface area contributed by atoms with Crippen molar-refractivity contribution in [3.63, 3.8) is 0 Å². The highest BCUT2D eigenvalue weighted by molar-refractivity contribution is 7.99. The summed E-state index contributed by atoms with van der Waals surface area (Å²) in [6.45, 7) is 10.2. The summed E-state index contributed by atoms with van der Waals surface area (Å²) >= 11 is 2.82. The predicted molar refractivity (Wildman–Crippen MR) is 112 cm³/mol. The molecule has 1 aromatic carbocycles. The molecule has 0 radical (unpaired) electrons. The molecule has 2 aromatic heterocycles. The van der Waals surface area contributed by atoms with Crippen LogP contribution < -0.4 is 5.32 Å². The van der Waals surface area contributed by atoms with Crippen molar-refractivity contribution in [2.45, 2.75) is 45.8 Å². The molecule has 8 heteroatoms. The highest BCUT2D eigenvalue weighted by Gasteiger charge is 2.15. The number of nitrogens with one attached hydrogen (secondary N) is 1. The van der Waals surface area contributed by atoms with Gasteiger partial charge in [-0.3, -0.25) is 4.79 Å². The fourth-order valence-corrected chi connectivity index (χ4v) is 4.34. The van der Waals surface area contributed by atoms with Crippen molar-refractivity contribution in [2.24, 2.45) is 0 Å². The molecule has 0 aliphatic carbocycles. The second-order valence-electron chi connectivity index (χ2n) is 6.67. The van der Waals surface area contributed by atoms with Crippen LogP contribution in [0.1, 0.15) is 36.8 Å². The van der Waals surface area contributed by atoms with Gasteiger partial charge in [-0.15, -0.1) is 21.5 Å². The van der Waals surface area contributed by atoms with Crippen LogP contribution in [0.4, 0.5) is 5.13 Å². The van der Waals surface area contributed by atoms with Gasteiger partial charge in [0.2, 0.25) is 5.91 Å². The van der Waals surface area contributed by atoms with Crippen LogP contribution in [0, 0.1) is 20.8 Å². The van der Waals surface area contributed by atoms with E-state index in [1.54, 1.807) is 0 Å². The fourth-order valence-electron chi connectivity index (χ4n) is 2.69. The first-order valence-corrected chi connectivity index (χ1v) is 10.6. The molecule has 142 valence electrons. The van der Waals surface area contributed by atoms with Crippen LogP contribution in [0.15, 0.2) is 28.7 Å². The van der Waals surface area contributed by atoms with Crippen LogP contribution in [-0.4, -0.2) is 31.4 Å². The first kappa shape index (κ1) is 19.6. The van der Waals surface area contributed by atoms with Crippen LogP contribution >= 0.6 is 23.1 Å².